The van der Waals surface area contributed by atoms with Crippen LogP contribution in [-0.4, -0.2) is 5.97 Å². The molecule has 0 bridgehead atoms. The third-order valence-electron chi connectivity index (χ3n) is 4.02. The van der Waals surface area contributed by atoms with Crippen molar-refractivity contribution in [1.82, 2.24) is 5.32 Å². The van der Waals surface area contributed by atoms with Crippen LogP contribution in [0.5, 0.6) is 0 Å². The summed E-state index contributed by atoms with van der Waals surface area (Å²) in [6, 6.07) is 12.0. The molecule has 2 aromatic rings. The van der Waals surface area contributed by atoms with Gasteiger partial charge in [-0.1, -0.05) is 31.4 Å². The maximum absolute atomic E-state index is 11.6. The van der Waals surface area contributed by atoms with Crippen LogP contribution in [0, 0.1) is 0 Å². The third-order valence-corrected chi connectivity index (χ3v) is 4.02. The molecular formula is C18H13NO2. The van der Waals surface area contributed by atoms with Gasteiger partial charge in [0.2, 0.25) is 0 Å². The number of rotatable bonds is 1. The number of cyclic esters (lactones) is 1. The van der Waals surface area contributed by atoms with Gasteiger partial charge in [0.15, 0.2) is 0 Å². The Bertz CT molecular complexity index is 833. The maximum atomic E-state index is 11.6. The smallest absolute Gasteiger partial charge is 0.344 e. The Balaban J connectivity index is 1.84. The van der Waals surface area contributed by atoms with E-state index in [0.717, 1.165) is 34.5 Å². The van der Waals surface area contributed by atoms with Gasteiger partial charge >= 0.3 is 5.97 Å². The first kappa shape index (κ1) is 12.0. The van der Waals surface area contributed by atoms with Gasteiger partial charge in [-0.05, 0) is 34.9 Å². The fraction of sp³-hybridized carbons (Fsp3) is 0.0556. The minimum Gasteiger partial charge on any atom is -0.423 e. The molecule has 0 amide bonds. The molecule has 0 aromatic heterocycles. The largest absolute Gasteiger partial charge is 0.423 e. The quantitative estimate of drug-likeness (QED) is 0.809. The molecule has 102 valence electrons. The predicted molar refractivity (Wildman–Crippen MR) is 82.2 cm³/mol. The Labute approximate surface area is 122 Å². The van der Waals surface area contributed by atoms with Crippen molar-refractivity contribution in [3.63, 3.8) is 0 Å². The second kappa shape index (κ2) is 4.09. The Morgan fingerprint density at radius 3 is 2.48 bits per heavy atom. The molecule has 2 aliphatic rings. The molecule has 4 rings (SSSR count). The van der Waals surface area contributed by atoms with Crippen LogP contribution in [-0.2, 0) is 11.3 Å². The van der Waals surface area contributed by atoms with Crippen LogP contribution < -0.4 is 5.32 Å². The van der Waals surface area contributed by atoms with Crippen molar-refractivity contribution in [2.75, 3.05) is 0 Å². The minimum atomic E-state index is -0.326. The zero-order chi connectivity index (χ0) is 14.6. The van der Waals surface area contributed by atoms with E-state index in [-0.39, 0.29) is 5.97 Å². The van der Waals surface area contributed by atoms with Crippen LogP contribution in [0.2, 0.25) is 0 Å². The fourth-order valence-electron chi connectivity index (χ4n) is 2.84. The summed E-state index contributed by atoms with van der Waals surface area (Å²) < 4.78 is 5.06. The molecule has 0 spiro atoms. The summed E-state index contributed by atoms with van der Waals surface area (Å²) in [4.78, 5) is 11.6. The number of carbonyl (C=O) groups is 1. The lowest BCUT2D eigenvalue weighted by molar-refractivity contribution is 0.0716. The number of nitrogens with one attached hydrogen (secondary N) is 1. The van der Waals surface area contributed by atoms with E-state index in [1.807, 2.05) is 12.1 Å². The number of hydrogen-bond acceptors (Lipinski definition) is 3. The molecule has 3 nitrogen and oxygen atoms in total. The number of hydrogen-bond donors (Lipinski definition) is 1. The summed E-state index contributed by atoms with van der Waals surface area (Å²) in [6.07, 6.45) is 0. The van der Waals surface area contributed by atoms with Crippen LogP contribution in [0.25, 0.3) is 22.6 Å². The highest BCUT2D eigenvalue weighted by Crippen LogP contribution is 2.34. The standard InChI is InChI=1S/C18H13NO2/c1-10-16-7-12(3-4-14(16)9-19-10)13-5-6-15-17(8-13)11(2)21-18(15)20/h3-8,19H,1-2,9H2. The summed E-state index contributed by atoms with van der Waals surface area (Å²) in [5, 5.41) is 3.24. The van der Waals surface area contributed by atoms with Gasteiger partial charge in [-0.15, -0.1) is 0 Å². The Kier molecular flexibility index (Phi) is 2.33. The fourth-order valence-corrected chi connectivity index (χ4v) is 2.84. The molecule has 0 radical (unpaired) electrons. The zero-order valence-corrected chi connectivity index (χ0v) is 11.4. The second-order valence-electron chi connectivity index (χ2n) is 5.28. The van der Waals surface area contributed by atoms with Gasteiger partial charge in [0.25, 0.3) is 0 Å². The molecule has 21 heavy (non-hydrogen) atoms. The number of ether oxygens (including phenoxy) is 1. The van der Waals surface area contributed by atoms with Gasteiger partial charge in [0.05, 0.1) is 5.56 Å². The van der Waals surface area contributed by atoms with Crippen molar-refractivity contribution in [3.05, 3.63) is 71.8 Å². The van der Waals surface area contributed by atoms with E-state index < -0.39 is 0 Å². The summed E-state index contributed by atoms with van der Waals surface area (Å²) in [5.74, 6) is 0.0946. The molecule has 0 saturated carbocycles. The van der Waals surface area contributed by atoms with Crippen LogP contribution in [0.15, 0.2) is 49.6 Å². The lowest BCUT2D eigenvalue weighted by atomic mass is 9.96. The first-order chi connectivity index (χ1) is 10.1. The number of esters is 1. The molecule has 0 atom stereocenters. The van der Waals surface area contributed by atoms with Crippen molar-refractivity contribution in [2.24, 2.45) is 0 Å². The van der Waals surface area contributed by atoms with Crippen molar-refractivity contribution < 1.29 is 9.53 Å². The predicted octanol–water partition coefficient (Wildman–Crippen LogP) is 3.57. The van der Waals surface area contributed by atoms with Gasteiger partial charge in [0, 0.05) is 23.4 Å². The van der Waals surface area contributed by atoms with Crippen molar-refractivity contribution in [3.8, 4) is 11.1 Å². The average molecular weight is 275 g/mol. The summed E-state index contributed by atoms with van der Waals surface area (Å²) >= 11 is 0. The van der Waals surface area contributed by atoms with E-state index in [2.05, 4.69) is 36.7 Å². The molecule has 2 aromatic carbocycles. The SMILES string of the molecule is C=C1NCc2ccc(-c3ccc4c(c3)C(=C)OC4=O)cc21. The Morgan fingerprint density at radius 1 is 0.952 bits per heavy atom. The first-order valence-electron chi connectivity index (χ1n) is 6.75. The molecule has 2 aliphatic heterocycles. The number of benzene rings is 2. The highest BCUT2D eigenvalue weighted by Gasteiger charge is 2.25. The first-order valence-corrected chi connectivity index (χ1v) is 6.75. The summed E-state index contributed by atoms with van der Waals surface area (Å²) in [5.41, 5.74) is 6.85. The molecule has 0 fully saturated rings. The van der Waals surface area contributed by atoms with Gasteiger partial charge in [-0.25, -0.2) is 4.79 Å². The number of fused-ring (bicyclic) bond motifs is 2. The molecule has 0 unspecified atom stereocenters. The Morgan fingerprint density at radius 2 is 1.67 bits per heavy atom. The highest BCUT2D eigenvalue weighted by molar-refractivity contribution is 6.03. The summed E-state index contributed by atoms with van der Waals surface area (Å²) in [6.45, 7) is 8.63. The van der Waals surface area contributed by atoms with Gasteiger partial charge < -0.3 is 10.1 Å². The third kappa shape index (κ3) is 1.71. The van der Waals surface area contributed by atoms with Crippen LogP contribution in [0.3, 0.4) is 0 Å². The van der Waals surface area contributed by atoms with E-state index in [4.69, 9.17) is 4.74 Å². The topological polar surface area (TPSA) is 38.3 Å². The van der Waals surface area contributed by atoms with Crippen LogP contribution in [0.4, 0.5) is 0 Å². The van der Waals surface area contributed by atoms with Crippen LogP contribution in [0.1, 0.15) is 27.0 Å². The van der Waals surface area contributed by atoms with E-state index >= 15 is 0 Å². The summed E-state index contributed by atoms with van der Waals surface area (Å²) in [7, 11) is 0. The molecule has 0 aliphatic carbocycles. The van der Waals surface area contributed by atoms with Crippen LogP contribution >= 0.6 is 0 Å². The van der Waals surface area contributed by atoms with Gasteiger partial charge in [-0.3, -0.25) is 0 Å². The van der Waals surface area contributed by atoms with E-state index in [0.29, 0.717) is 11.3 Å². The van der Waals surface area contributed by atoms with Crippen molar-refractivity contribution in [2.45, 2.75) is 6.54 Å². The van der Waals surface area contributed by atoms with Gasteiger partial charge in [-0.2, -0.15) is 0 Å². The van der Waals surface area contributed by atoms with E-state index in [9.17, 15) is 4.79 Å². The lowest BCUT2D eigenvalue weighted by Crippen LogP contribution is -1.98. The minimum absolute atomic E-state index is 0.326. The van der Waals surface area contributed by atoms with Crippen molar-refractivity contribution in [1.29, 1.82) is 0 Å². The lowest BCUT2D eigenvalue weighted by Gasteiger charge is -2.06. The monoisotopic (exact) mass is 275 g/mol. The average Bonchev–Trinajstić information content (AvgIpc) is 3.00. The molecule has 1 N–H and O–H groups in total. The Hall–Kier alpha value is -2.81. The zero-order valence-electron chi connectivity index (χ0n) is 11.4. The van der Waals surface area contributed by atoms with E-state index in [1.165, 1.54) is 5.56 Å². The maximum Gasteiger partial charge on any atom is 0.344 e. The number of carbonyl (C=O) groups excluding carboxylic acids is 1. The molecule has 2 heterocycles. The second-order valence-corrected chi connectivity index (χ2v) is 5.28. The van der Waals surface area contributed by atoms with Gasteiger partial charge in [0.1, 0.15) is 5.76 Å². The normalized spacial score (nSPS) is 15.5. The molecular weight excluding hydrogens is 262 g/mol. The van der Waals surface area contributed by atoms with Crippen molar-refractivity contribution >= 4 is 17.4 Å². The molecule has 0 saturated heterocycles. The highest BCUT2D eigenvalue weighted by atomic mass is 16.5. The van der Waals surface area contributed by atoms with E-state index in [1.54, 1.807) is 6.07 Å². The molecule has 3 heteroatoms.